The van der Waals surface area contributed by atoms with E-state index in [2.05, 4.69) is 5.32 Å². The van der Waals surface area contributed by atoms with Gasteiger partial charge < -0.3 is 29.7 Å². The number of halogens is 1. The molecule has 1 saturated heterocycles. The van der Waals surface area contributed by atoms with E-state index in [0.29, 0.717) is 6.42 Å². The molecule has 0 unspecified atom stereocenters. The Morgan fingerprint density at radius 1 is 1.27 bits per heavy atom. The van der Waals surface area contributed by atoms with E-state index in [1.54, 1.807) is 0 Å². The van der Waals surface area contributed by atoms with Crippen molar-refractivity contribution in [2.45, 2.75) is 55.8 Å². The van der Waals surface area contributed by atoms with E-state index in [1.165, 1.54) is 6.92 Å². The van der Waals surface area contributed by atoms with Crippen LogP contribution < -0.4 is 5.32 Å². The van der Waals surface area contributed by atoms with Crippen molar-refractivity contribution in [3.05, 3.63) is 29.8 Å². The van der Waals surface area contributed by atoms with Gasteiger partial charge in [-0.15, -0.1) is 3.89 Å². The Morgan fingerprint density at radius 3 is 2.40 bits per heavy atom. The van der Waals surface area contributed by atoms with Crippen molar-refractivity contribution >= 4 is 22.1 Å². The molecule has 2 rings (SSSR count). The van der Waals surface area contributed by atoms with E-state index in [-0.39, 0.29) is 12.2 Å². The monoisotopic (exact) mass is 449 g/mol. The number of amides is 1. The van der Waals surface area contributed by atoms with Crippen LogP contribution in [0.5, 0.6) is 0 Å². The zero-order valence-corrected chi connectivity index (χ0v) is 17.2. The van der Waals surface area contributed by atoms with Gasteiger partial charge in [0.2, 0.25) is 5.91 Å². The van der Waals surface area contributed by atoms with Gasteiger partial charge >= 0.3 is 16.2 Å². The molecule has 0 bridgehead atoms. The maximum atomic E-state index is 13.0. The van der Waals surface area contributed by atoms with E-state index in [4.69, 9.17) is 14.2 Å². The summed E-state index contributed by atoms with van der Waals surface area (Å²) in [6, 6.07) is 2.78. The first kappa shape index (κ1) is 24.2. The van der Waals surface area contributed by atoms with Gasteiger partial charge in [0.1, 0.15) is 18.2 Å². The number of nitrogens with one attached hydrogen (secondary N) is 1. The molecular weight excluding hydrogens is 425 g/mol. The van der Waals surface area contributed by atoms with Crippen LogP contribution in [0.1, 0.15) is 30.6 Å². The summed E-state index contributed by atoms with van der Waals surface area (Å²) in [4.78, 5) is 23.3. The number of hydrogen-bond acceptors (Lipinski definition) is 9. The lowest BCUT2D eigenvalue weighted by atomic mass is 9.96. The van der Waals surface area contributed by atoms with E-state index in [0.717, 1.165) is 24.3 Å². The number of benzene rings is 1. The number of hydrogen-bond donors (Lipinski definition) is 3. The molecule has 1 heterocycles. The summed E-state index contributed by atoms with van der Waals surface area (Å²) in [5, 5.41) is 22.8. The van der Waals surface area contributed by atoms with E-state index >= 15 is 0 Å². The standard InChI is InChI=1S/C18H24FNO9S/c1-3-8-27-18-14(20-10(2)22)15(23)16(13(9-21)28-18)29-17(24)11-4-6-12(7-5-11)30(19,25)26/h4-7,13-16,18,21,23H,3,8-9H2,1-2H3,(H,20,22)/t13-,14-,15-,16-,18-/m1/s1. The third-order valence-corrected chi connectivity index (χ3v) is 5.16. The summed E-state index contributed by atoms with van der Waals surface area (Å²) >= 11 is 0. The summed E-state index contributed by atoms with van der Waals surface area (Å²) in [5.74, 6) is -1.46. The maximum Gasteiger partial charge on any atom is 0.338 e. The van der Waals surface area contributed by atoms with Crippen molar-refractivity contribution in [2.75, 3.05) is 13.2 Å². The number of aliphatic hydroxyl groups is 2. The van der Waals surface area contributed by atoms with Gasteiger partial charge in [-0.1, -0.05) is 6.92 Å². The molecule has 0 radical (unpaired) electrons. The Hall–Kier alpha value is -2.12. The number of aliphatic hydroxyl groups excluding tert-OH is 2. The number of carbonyl (C=O) groups is 2. The molecule has 3 N–H and O–H groups in total. The van der Waals surface area contributed by atoms with Crippen LogP contribution >= 0.6 is 0 Å². The largest absolute Gasteiger partial charge is 0.453 e. The molecule has 5 atom stereocenters. The van der Waals surface area contributed by atoms with Crippen LogP contribution in [-0.4, -0.2) is 74.4 Å². The molecule has 1 aromatic rings. The second-order valence-electron chi connectivity index (χ2n) is 6.65. The molecule has 0 aliphatic carbocycles. The SMILES string of the molecule is CCCO[C@@H]1O[C@H](CO)[C@@H](OC(=O)c2ccc(S(=O)(=O)F)cc2)[C@H](O)[C@H]1NC(C)=O. The Labute approximate surface area is 173 Å². The highest BCUT2D eigenvalue weighted by atomic mass is 32.3. The number of esters is 1. The highest BCUT2D eigenvalue weighted by Gasteiger charge is 2.48. The molecule has 1 aromatic carbocycles. The number of carbonyl (C=O) groups excluding carboxylic acids is 2. The van der Waals surface area contributed by atoms with E-state index in [1.807, 2.05) is 6.92 Å². The Kier molecular flexibility index (Phi) is 8.26. The molecule has 1 fully saturated rings. The van der Waals surface area contributed by atoms with Gasteiger partial charge in [0.05, 0.1) is 17.1 Å². The zero-order valence-electron chi connectivity index (χ0n) is 16.4. The van der Waals surface area contributed by atoms with Gasteiger partial charge in [-0.3, -0.25) is 4.79 Å². The smallest absolute Gasteiger partial charge is 0.338 e. The summed E-state index contributed by atoms with van der Waals surface area (Å²) < 4.78 is 51.1. The maximum absolute atomic E-state index is 13.0. The molecule has 0 aromatic heterocycles. The molecule has 1 aliphatic heterocycles. The fraction of sp³-hybridized carbons (Fsp3) is 0.556. The Morgan fingerprint density at radius 2 is 1.90 bits per heavy atom. The van der Waals surface area contributed by atoms with Crippen molar-refractivity contribution in [1.82, 2.24) is 5.32 Å². The second-order valence-corrected chi connectivity index (χ2v) is 7.99. The first-order valence-corrected chi connectivity index (χ1v) is 10.6. The summed E-state index contributed by atoms with van der Waals surface area (Å²) in [6.07, 6.45) is -4.44. The van der Waals surface area contributed by atoms with Crippen molar-refractivity contribution < 1.29 is 46.3 Å². The van der Waals surface area contributed by atoms with Crippen LogP contribution in [-0.2, 0) is 29.2 Å². The Bertz CT molecular complexity index is 846. The quantitative estimate of drug-likeness (QED) is 0.365. The van der Waals surface area contributed by atoms with Crippen LogP contribution in [0.25, 0.3) is 0 Å². The van der Waals surface area contributed by atoms with Crippen molar-refractivity contribution in [3.8, 4) is 0 Å². The van der Waals surface area contributed by atoms with Gasteiger partial charge in [-0.25, -0.2) is 4.79 Å². The minimum Gasteiger partial charge on any atom is -0.453 e. The molecule has 10 nitrogen and oxygen atoms in total. The van der Waals surface area contributed by atoms with Crippen LogP contribution in [0.2, 0.25) is 0 Å². The van der Waals surface area contributed by atoms with Crippen LogP contribution in [0, 0.1) is 0 Å². The number of ether oxygens (including phenoxy) is 3. The summed E-state index contributed by atoms with van der Waals surface area (Å²) in [7, 11) is -4.93. The first-order valence-electron chi connectivity index (χ1n) is 9.17. The fourth-order valence-electron chi connectivity index (χ4n) is 2.92. The average Bonchev–Trinajstić information content (AvgIpc) is 2.69. The highest BCUT2D eigenvalue weighted by molar-refractivity contribution is 7.86. The molecule has 0 spiro atoms. The predicted octanol–water partition coefficient (Wildman–Crippen LogP) is -0.120. The Balaban J connectivity index is 2.21. The zero-order chi connectivity index (χ0) is 22.5. The van der Waals surface area contributed by atoms with Crippen molar-refractivity contribution in [3.63, 3.8) is 0 Å². The molecule has 1 amide bonds. The molecule has 1 aliphatic rings. The highest BCUT2D eigenvalue weighted by Crippen LogP contribution is 2.26. The lowest BCUT2D eigenvalue weighted by molar-refractivity contribution is -0.269. The molecule has 30 heavy (non-hydrogen) atoms. The van der Waals surface area contributed by atoms with Gasteiger partial charge in [-0.2, -0.15) is 8.42 Å². The number of rotatable bonds is 8. The lowest BCUT2D eigenvalue weighted by Crippen LogP contribution is -2.65. The van der Waals surface area contributed by atoms with Crippen molar-refractivity contribution in [1.29, 1.82) is 0 Å². The topological polar surface area (TPSA) is 148 Å². The van der Waals surface area contributed by atoms with Gasteiger partial charge in [-0.05, 0) is 30.7 Å². The third-order valence-electron chi connectivity index (χ3n) is 4.32. The predicted molar refractivity (Wildman–Crippen MR) is 99.5 cm³/mol. The third kappa shape index (κ3) is 5.95. The van der Waals surface area contributed by atoms with Gasteiger partial charge in [0, 0.05) is 13.5 Å². The minimum absolute atomic E-state index is 0.119. The second kappa shape index (κ2) is 10.3. The lowest BCUT2D eigenvalue weighted by Gasteiger charge is -2.43. The summed E-state index contributed by atoms with van der Waals surface area (Å²) in [6.45, 7) is 2.72. The van der Waals surface area contributed by atoms with Crippen LogP contribution in [0.15, 0.2) is 29.2 Å². The molecule has 0 saturated carbocycles. The minimum atomic E-state index is -4.93. The summed E-state index contributed by atoms with van der Waals surface area (Å²) in [5.41, 5.74) is -0.119. The average molecular weight is 449 g/mol. The van der Waals surface area contributed by atoms with Crippen molar-refractivity contribution in [2.24, 2.45) is 0 Å². The normalized spacial score (nSPS) is 26.8. The fourth-order valence-corrected chi connectivity index (χ4v) is 3.38. The molecule has 168 valence electrons. The first-order chi connectivity index (χ1) is 14.1. The van der Waals surface area contributed by atoms with Gasteiger partial charge in [0.25, 0.3) is 0 Å². The van der Waals surface area contributed by atoms with Crippen LogP contribution in [0.3, 0.4) is 0 Å². The van der Waals surface area contributed by atoms with E-state index in [9.17, 15) is 32.1 Å². The van der Waals surface area contributed by atoms with Gasteiger partial charge in [0.15, 0.2) is 12.4 Å². The van der Waals surface area contributed by atoms with E-state index < -0.39 is 64.2 Å². The molecular formula is C18H24FNO9S. The molecule has 12 heteroatoms. The van der Waals surface area contributed by atoms with Crippen LogP contribution in [0.4, 0.5) is 3.89 Å².